The molecule has 0 radical (unpaired) electrons. The lowest BCUT2D eigenvalue weighted by molar-refractivity contribution is 0.507. The number of hydrogen-bond acceptors (Lipinski definition) is 2. The number of rotatable bonds is 4. The van der Waals surface area contributed by atoms with Gasteiger partial charge in [0.1, 0.15) is 16.8 Å². The Kier molecular flexibility index (Phi) is 7.11. The van der Waals surface area contributed by atoms with E-state index in [0.29, 0.717) is 0 Å². The number of para-hydroxylation sites is 2. The van der Waals surface area contributed by atoms with Gasteiger partial charge in [-0.3, -0.25) is 0 Å². The molecule has 1 unspecified atom stereocenters. The van der Waals surface area contributed by atoms with E-state index in [0.717, 1.165) is 28.4 Å². The summed E-state index contributed by atoms with van der Waals surface area (Å²) < 4.78 is 7.02. The average Bonchev–Trinajstić information content (AvgIpc) is 4.15. The van der Waals surface area contributed by atoms with Crippen LogP contribution in [0, 0.1) is 0 Å². The van der Waals surface area contributed by atoms with Crippen molar-refractivity contribution in [3.8, 4) is 55.6 Å². The fraction of sp³-hybridized carbons (Fsp3) is 0.0312. The van der Waals surface area contributed by atoms with Crippen molar-refractivity contribution in [2.75, 3.05) is 4.90 Å². The molecule has 1 heterocycles. The predicted octanol–water partition coefficient (Wildman–Crippen LogP) is 16.3. The molecule has 0 fully saturated rings. The van der Waals surface area contributed by atoms with E-state index in [4.69, 9.17) is 4.42 Å². The van der Waals surface area contributed by atoms with E-state index in [9.17, 15) is 0 Å². The van der Waals surface area contributed by atoms with Crippen molar-refractivity contribution in [3.63, 3.8) is 0 Å². The zero-order chi connectivity index (χ0) is 43.1. The molecule has 1 aromatic heterocycles. The highest BCUT2D eigenvalue weighted by Crippen LogP contribution is 2.66. The Morgan fingerprint density at radius 2 is 0.712 bits per heavy atom. The third-order valence-corrected chi connectivity index (χ3v) is 15.3. The van der Waals surface area contributed by atoms with Crippen LogP contribution in [0.15, 0.2) is 241 Å². The maximum Gasteiger partial charge on any atom is 0.135 e. The van der Waals surface area contributed by atoms with Gasteiger partial charge in [0, 0.05) is 28.0 Å². The summed E-state index contributed by atoms with van der Waals surface area (Å²) in [4.78, 5) is 2.42. The monoisotopic (exact) mass is 837 g/mol. The molecule has 0 N–H and O–H groups in total. The van der Waals surface area contributed by atoms with E-state index in [1.165, 1.54) is 100.0 Å². The summed E-state index contributed by atoms with van der Waals surface area (Å²) in [5.74, 6) is 1.02. The molecule has 10 aromatic carbocycles. The Labute approximate surface area is 383 Å². The molecule has 0 saturated carbocycles. The molecule has 4 aliphatic rings. The van der Waals surface area contributed by atoms with Crippen molar-refractivity contribution < 1.29 is 4.42 Å². The van der Waals surface area contributed by atoms with E-state index >= 15 is 0 Å². The van der Waals surface area contributed by atoms with Crippen LogP contribution in [0.4, 0.5) is 17.1 Å². The molecule has 4 aliphatic carbocycles. The van der Waals surface area contributed by atoms with Crippen LogP contribution >= 0.6 is 0 Å². The Hall–Kier alpha value is -8.46. The van der Waals surface area contributed by atoms with Gasteiger partial charge in [-0.25, -0.2) is 0 Å². The SMILES string of the molecule is c1ccc(N(c2ccc(-c3ccc4c(c3)C3(c5ccccc5-4)c4ccccc4-c4c3oc3ccccc43)cc2)c2ccc3c(c2)C2(c4ccccc4-c4ccccc42)c2ccccc2-3)cc1. The Bertz CT molecular complexity index is 3770. The summed E-state index contributed by atoms with van der Waals surface area (Å²) in [5.41, 5.74) is 25.0. The maximum atomic E-state index is 7.02. The van der Waals surface area contributed by atoms with Crippen molar-refractivity contribution in [2.24, 2.45) is 0 Å². The topological polar surface area (TPSA) is 16.4 Å². The quantitative estimate of drug-likeness (QED) is 0.176. The van der Waals surface area contributed by atoms with E-state index in [1.807, 2.05) is 0 Å². The number of benzene rings is 10. The predicted molar refractivity (Wildman–Crippen MR) is 269 cm³/mol. The lowest BCUT2D eigenvalue weighted by atomic mass is 9.70. The molecule has 2 heteroatoms. The minimum Gasteiger partial charge on any atom is -0.459 e. The van der Waals surface area contributed by atoms with E-state index < -0.39 is 10.8 Å². The van der Waals surface area contributed by atoms with Crippen LogP contribution in [-0.2, 0) is 10.8 Å². The lowest BCUT2D eigenvalue weighted by Crippen LogP contribution is -2.26. The largest absolute Gasteiger partial charge is 0.459 e. The summed E-state index contributed by atoms with van der Waals surface area (Å²) in [6.07, 6.45) is 0. The number of hydrogen-bond donors (Lipinski definition) is 0. The number of anilines is 3. The molecular weight excluding hydrogens is 799 g/mol. The zero-order valence-electron chi connectivity index (χ0n) is 35.9. The Morgan fingerprint density at radius 3 is 1.33 bits per heavy atom. The molecule has 11 aromatic rings. The molecule has 1 atom stereocenters. The fourth-order valence-corrected chi connectivity index (χ4v) is 12.8. The first kappa shape index (κ1) is 35.9. The van der Waals surface area contributed by atoms with Gasteiger partial charge in [-0.2, -0.15) is 0 Å². The van der Waals surface area contributed by atoms with Gasteiger partial charge >= 0.3 is 0 Å². The van der Waals surface area contributed by atoms with Gasteiger partial charge in [0.2, 0.25) is 0 Å². The van der Waals surface area contributed by atoms with Crippen LogP contribution < -0.4 is 4.90 Å². The smallest absolute Gasteiger partial charge is 0.135 e. The Morgan fingerprint density at radius 1 is 0.288 bits per heavy atom. The maximum absolute atomic E-state index is 7.02. The van der Waals surface area contributed by atoms with Crippen LogP contribution in [0.5, 0.6) is 0 Å². The summed E-state index contributed by atoms with van der Waals surface area (Å²) in [6.45, 7) is 0. The second kappa shape index (κ2) is 13.1. The molecule has 66 heavy (non-hydrogen) atoms. The summed E-state index contributed by atoms with van der Waals surface area (Å²) >= 11 is 0. The van der Waals surface area contributed by atoms with Crippen molar-refractivity contribution in [1.29, 1.82) is 0 Å². The lowest BCUT2D eigenvalue weighted by Gasteiger charge is -2.32. The van der Waals surface area contributed by atoms with Gasteiger partial charge in [0.05, 0.1) is 5.41 Å². The van der Waals surface area contributed by atoms with Crippen LogP contribution in [0.1, 0.15) is 44.7 Å². The standard InChI is InChI=1S/C64H39NO/c1-2-16-42(17-3-1)65(44-35-37-50-47-20-6-12-26-55(47)63(59(50)39-44)53-24-10-4-18-45(53)46-19-5-11-25-54(46)63)43-33-30-40(31-34-43)41-32-36-49-48-21-7-13-27-56(48)64(58(49)38-41)57-28-14-8-22-51(57)61-52-23-9-15-29-60(52)66-62(61)64/h1-39H. The minimum atomic E-state index is -0.568. The number of nitrogens with zero attached hydrogens (tertiary/aromatic N) is 1. The fourth-order valence-electron chi connectivity index (χ4n) is 12.8. The molecule has 0 saturated heterocycles. The van der Waals surface area contributed by atoms with E-state index in [1.54, 1.807) is 0 Å². The van der Waals surface area contributed by atoms with Crippen molar-refractivity contribution in [2.45, 2.75) is 10.8 Å². The average molecular weight is 838 g/mol. The third-order valence-electron chi connectivity index (χ3n) is 15.3. The van der Waals surface area contributed by atoms with E-state index in [-0.39, 0.29) is 0 Å². The van der Waals surface area contributed by atoms with Gasteiger partial charge in [0.25, 0.3) is 0 Å². The minimum absolute atomic E-state index is 0.422. The third kappa shape index (κ3) is 4.41. The van der Waals surface area contributed by atoms with Gasteiger partial charge < -0.3 is 9.32 Å². The van der Waals surface area contributed by atoms with Crippen molar-refractivity contribution in [1.82, 2.24) is 0 Å². The molecule has 0 aliphatic heterocycles. The second-order valence-electron chi connectivity index (χ2n) is 18.2. The zero-order valence-corrected chi connectivity index (χ0v) is 35.9. The summed E-state index contributed by atoms with van der Waals surface area (Å²) in [5, 5.41) is 1.17. The van der Waals surface area contributed by atoms with E-state index in [2.05, 4.69) is 241 Å². The highest BCUT2D eigenvalue weighted by molar-refractivity contribution is 6.05. The van der Waals surface area contributed by atoms with Gasteiger partial charge in [-0.05, 0) is 138 Å². The molecule has 2 spiro atoms. The molecule has 15 rings (SSSR count). The molecule has 0 amide bonds. The summed E-state index contributed by atoms with van der Waals surface area (Å²) in [7, 11) is 0. The molecule has 2 nitrogen and oxygen atoms in total. The highest BCUT2D eigenvalue weighted by atomic mass is 16.3. The van der Waals surface area contributed by atoms with Crippen molar-refractivity contribution in [3.05, 3.63) is 281 Å². The van der Waals surface area contributed by atoms with Gasteiger partial charge in [-0.15, -0.1) is 0 Å². The van der Waals surface area contributed by atoms with Crippen LogP contribution in [-0.4, -0.2) is 0 Å². The van der Waals surface area contributed by atoms with Crippen LogP contribution in [0.3, 0.4) is 0 Å². The normalized spacial score (nSPS) is 15.8. The van der Waals surface area contributed by atoms with Gasteiger partial charge in [-0.1, -0.05) is 188 Å². The highest BCUT2D eigenvalue weighted by Gasteiger charge is 2.55. The molecule has 306 valence electrons. The van der Waals surface area contributed by atoms with Gasteiger partial charge in [0.15, 0.2) is 0 Å². The summed E-state index contributed by atoms with van der Waals surface area (Å²) in [6, 6.07) is 87.7. The molecular formula is C64H39NO. The second-order valence-corrected chi connectivity index (χ2v) is 18.2. The first-order valence-electron chi connectivity index (χ1n) is 23.0. The first-order chi connectivity index (χ1) is 32.7. The van der Waals surface area contributed by atoms with Crippen molar-refractivity contribution >= 4 is 28.0 Å². The molecule has 0 bridgehead atoms. The number of fused-ring (bicyclic) bond motifs is 22. The van der Waals surface area contributed by atoms with Crippen LogP contribution in [0.25, 0.3) is 66.6 Å². The van der Waals surface area contributed by atoms with Crippen LogP contribution in [0.2, 0.25) is 0 Å². The number of furan rings is 1. The Balaban J connectivity index is 0.887. The first-order valence-corrected chi connectivity index (χ1v) is 23.0.